The highest BCUT2D eigenvalue weighted by molar-refractivity contribution is 5.66. The highest BCUT2D eigenvalue weighted by Gasteiger charge is 2.60. The number of rotatable bonds is 17. The van der Waals surface area contributed by atoms with Gasteiger partial charge in [-0.15, -0.1) is 0 Å². The van der Waals surface area contributed by atoms with Crippen LogP contribution in [-0.4, -0.2) is 109 Å². The Morgan fingerprint density at radius 2 is 0.757 bits per heavy atom. The molecule has 0 saturated heterocycles. The van der Waals surface area contributed by atoms with Crippen LogP contribution in [0.3, 0.4) is 0 Å². The first-order valence-corrected chi connectivity index (χ1v) is 61.9. The quantitative estimate of drug-likeness (QED) is 0.0476. The average molecular weight is 2070 g/mol. The van der Waals surface area contributed by atoms with Gasteiger partial charge in [-0.05, 0) is 452 Å². The van der Waals surface area contributed by atoms with Crippen molar-refractivity contribution in [2.45, 2.75) is 570 Å². The third-order valence-electron chi connectivity index (χ3n) is 49.3. The van der Waals surface area contributed by atoms with Crippen molar-refractivity contribution in [2.75, 3.05) is 34.4 Å². The first-order chi connectivity index (χ1) is 67.9. The van der Waals surface area contributed by atoms with Crippen molar-refractivity contribution in [1.29, 1.82) is 0 Å². The maximum Gasteiger partial charge on any atom is 0.302 e. The minimum Gasteiger partial charge on any atom is -0.462 e. The number of ether oxygens (including phenoxy) is 6. The summed E-state index contributed by atoms with van der Waals surface area (Å²) in [5.74, 6) is 12.7. The lowest BCUT2D eigenvalue weighted by Gasteiger charge is -2.58. The summed E-state index contributed by atoms with van der Waals surface area (Å²) in [6.45, 7) is 100.0. The fraction of sp³-hybridized carbons (Fsp3) is 0.905. The maximum atomic E-state index is 11.3. The standard InChI is InChI=1S/C18H32O2.C18H30O2.C18H32O2.C17H32O.2C17H30O.C16H30O.C16H28O/c1-13-10-15-8-7-9-17(3,4)16(15)11-18(13,5)14(2)20-12-19-6;1-12-10-15-8-7-9-17(4,5)16(15)11-18(12,6)13(2)20-14(3)19;1-6-19-12-20-14(3)16-11-17-15(10-13(16)2)8-7-9-18(17,4)5;2*1-12-10-13-8-7-9-15(2,3)14(13)11-17(12,6)16(4,5)18;1-12-10-14-8-7-9-16(3,4)15(14)11-17(12,5)13(2)18-6;2*1-11-9-13-7-6-8-15(3,4)14(13)10-16(11,5)12(2)17/h8,13-14,16H,7,9-12H2,1-6H3;8,12-13,16H,7,9-11H2,1-6H3;8,13-14,16-17H,6-7,9-12H2,1-5H3;12-14,18H,7-11H2,1-6H3;12,18H,7-11H2,1-6H3;8,12-13,15H,7,9-11H2,1-6H3;11-14,17H,6-10H2,1-5H3;7,11-12,14,17H,6,8-10H2,1-5H3. The molecule has 0 aromatic heterocycles. The summed E-state index contributed by atoms with van der Waals surface area (Å²) in [7, 11) is 3.56. The minimum atomic E-state index is -0.599. The van der Waals surface area contributed by atoms with Crippen LogP contribution in [0.15, 0.2) is 69.4 Å². The number of fused-ring (bicyclic) bond motifs is 7. The lowest BCUT2D eigenvalue weighted by Crippen LogP contribution is -2.54. The van der Waals surface area contributed by atoms with E-state index in [0.717, 1.165) is 85.6 Å². The normalized spacial score (nSPS) is 40.0. The van der Waals surface area contributed by atoms with E-state index in [1.807, 2.05) is 55.6 Å². The number of allylic oxidation sites excluding steroid dienone is 12. The van der Waals surface area contributed by atoms with Crippen LogP contribution in [0.4, 0.5) is 0 Å². The largest absolute Gasteiger partial charge is 0.462 e. The summed E-state index contributed by atoms with van der Waals surface area (Å²) < 4.78 is 33.5. The van der Waals surface area contributed by atoms with Crippen LogP contribution in [0.1, 0.15) is 522 Å². The van der Waals surface area contributed by atoms with E-state index >= 15 is 0 Å². The summed E-state index contributed by atoms with van der Waals surface area (Å²) in [6, 6.07) is 0. The van der Waals surface area contributed by atoms with Gasteiger partial charge in [-0.2, -0.15) is 0 Å². The zero-order chi connectivity index (χ0) is 112. The Morgan fingerprint density at radius 1 is 0.392 bits per heavy atom. The molecule has 0 aromatic carbocycles. The van der Waals surface area contributed by atoms with E-state index in [-0.39, 0.29) is 62.9 Å². The number of carbonyl (C=O) groups excluding carboxylic acids is 1. The third kappa shape index (κ3) is 28.9. The summed E-state index contributed by atoms with van der Waals surface area (Å²) in [5, 5.41) is 41.6. The van der Waals surface area contributed by atoms with Crippen molar-refractivity contribution in [1.82, 2.24) is 0 Å². The molecule has 0 aromatic rings. The Balaban J connectivity index is 0.000000188. The molecule has 9 saturated carbocycles. The molecule has 0 bridgehead atoms. The molecule has 16 aliphatic carbocycles. The number of hydrogen-bond donors (Lipinski definition) is 4. The van der Waals surface area contributed by atoms with E-state index in [1.165, 1.54) is 206 Å². The minimum absolute atomic E-state index is 0.00530. The van der Waals surface area contributed by atoms with Gasteiger partial charge in [0, 0.05) is 38.6 Å². The van der Waals surface area contributed by atoms with Crippen LogP contribution >= 0.6 is 0 Å². The molecule has 9 fully saturated rings. The Morgan fingerprint density at radius 3 is 1.14 bits per heavy atom. The Labute approximate surface area is 915 Å². The van der Waals surface area contributed by atoms with Crippen LogP contribution in [0.2, 0.25) is 0 Å². The van der Waals surface area contributed by atoms with Crippen molar-refractivity contribution in [3.8, 4) is 0 Å². The molecule has 148 heavy (non-hydrogen) atoms. The number of aliphatic hydroxyl groups excluding tert-OH is 2. The maximum absolute atomic E-state index is 11.3. The van der Waals surface area contributed by atoms with Gasteiger partial charge in [-0.25, -0.2) is 0 Å². The van der Waals surface area contributed by atoms with Crippen molar-refractivity contribution in [3.05, 3.63) is 69.4 Å². The number of methoxy groups -OCH3 is 2. The van der Waals surface area contributed by atoms with Gasteiger partial charge in [0.05, 0.1) is 41.7 Å². The molecule has 4 N–H and O–H groups in total. The zero-order valence-corrected chi connectivity index (χ0v) is 106. The Kier molecular flexibility index (Phi) is 43.4. The fourth-order valence-electron chi connectivity index (χ4n) is 34.1. The van der Waals surface area contributed by atoms with E-state index in [1.54, 1.807) is 46.1 Å². The molecular weight excluding hydrogens is 1820 g/mol. The molecule has 0 aliphatic heterocycles. The third-order valence-corrected chi connectivity index (χ3v) is 49.3. The van der Waals surface area contributed by atoms with Crippen molar-refractivity contribution >= 4 is 5.97 Å². The SMILES string of the molecule is CC(=O)OC(C)C1(C)CC2C(=CCCC2(C)C)CC1C.CC(O)C1(C)CC2C(=CCCC2(C)C)CC1C.CC(O)C1(C)CC2C(CCCC2(C)C)CC1C.CC1CC2=C(CC1(C)C(C)(C)O)C(C)(C)CCC2.CC1CC2CCCC(C)(C)C2CC1(C)C(C)(C)O.CCOCOC(C)C1CC2C(=CCCC2(C)C)CC1C.COC(C)C1(C)CC2C(=CCCC2(C)C)CC1C.COCOC(C)C1(C)CC2C(=CCCC2(C)C)CC1C. The lowest BCUT2D eigenvalue weighted by molar-refractivity contribution is -0.157. The number of aliphatic hydroxyl groups is 4. The molecule has 16 rings (SSSR count). The van der Waals surface area contributed by atoms with E-state index in [2.05, 4.69) is 273 Å². The van der Waals surface area contributed by atoms with Crippen LogP contribution < -0.4 is 0 Å². The van der Waals surface area contributed by atoms with Crippen LogP contribution in [0.5, 0.6) is 0 Å². The van der Waals surface area contributed by atoms with Gasteiger partial charge >= 0.3 is 5.97 Å². The number of esters is 1. The van der Waals surface area contributed by atoms with Crippen LogP contribution in [0, 0.1) is 188 Å². The Hall–Kier alpha value is -2.45. The van der Waals surface area contributed by atoms with E-state index in [4.69, 9.17) is 28.4 Å². The van der Waals surface area contributed by atoms with Gasteiger partial charge in [-0.3, -0.25) is 4.79 Å². The summed E-state index contributed by atoms with van der Waals surface area (Å²) in [6.07, 6.45) is 57.8. The molecule has 0 amide bonds. The second-order valence-corrected chi connectivity index (χ2v) is 62.6. The zero-order valence-electron chi connectivity index (χ0n) is 106. The van der Waals surface area contributed by atoms with Gasteiger partial charge in [0.25, 0.3) is 0 Å². The topological polar surface area (TPSA) is 153 Å². The van der Waals surface area contributed by atoms with E-state index in [9.17, 15) is 25.2 Å². The first-order valence-electron chi connectivity index (χ1n) is 61.9. The summed E-state index contributed by atoms with van der Waals surface area (Å²) in [5.41, 5.74) is 15.1. The van der Waals surface area contributed by atoms with Crippen LogP contribution in [0.25, 0.3) is 0 Å². The smallest absolute Gasteiger partial charge is 0.302 e. The molecule has 11 heteroatoms. The molecular formula is C137H244O11. The van der Waals surface area contributed by atoms with Gasteiger partial charge < -0.3 is 48.8 Å². The molecule has 31 unspecified atom stereocenters. The van der Waals surface area contributed by atoms with Crippen molar-refractivity contribution in [3.63, 3.8) is 0 Å². The summed E-state index contributed by atoms with van der Waals surface area (Å²) >= 11 is 0. The van der Waals surface area contributed by atoms with Gasteiger partial charge in [-0.1, -0.05) is 310 Å². The second-order valence-electron chi connectivity index (χ2n) is 62.6. The molecule has 0 spiro atoms. The highest BCUT2D eigenvalue weighted by atomic mass is 16.7. The fourth-order valence-corrected chi connectivity index (χ4v) is 34.1. The lowest BCUT2D eigenvalue weighted by atomic mass is 9.48. The molecule has 16 aliphatic rings. The first kappa shape index (κ1) is 129. The second kappa shape index (κ2) is 49.8. The molecule has 11 nitrogen and oxygen atoms in total. The Bertz CT molecular complexity index is 4420. The molecule has 31 atom stereocenters. The predicted molar refractivity (Wildman–Crippen MR) is 627 cm³/mol. The monoisotopic (exact) mass is 2070 g/mol. The van der Waals surface area contributed by atoms with Gasteiger partial charge in [0.15, 0.2) is 0 Å². The molecule has 858 valence electrons. The van der Waals surface area contributed by atoms with E-state index < -0.39 is 11.2 Å². The number of carbonyl (C=O) groups is 1. The van der Waals surface area contributed by atoms with Gasteiger partial charge in [0.2, 0.25) is 0 Å². The van der Waals surface area contributed by atoms with Crippen LogP contribution in [-0.2, 0) is 33.2 Å². The summed E-state index contributed by atoms with van der Waals surface area (Å²) in [4.78, 5) is 11.3. The molecule has 0 radical (unpaired) electrons. The van der Waals surface area contributed by atoms with Crippen molar-refractivity contribution < 1.29 is 53.6 Å². The average Bonchev–Trinajstić information content (AvgIpc) is 0.734. The predicted octanol–water partition coefficient (Wildman–Crippen LogP) is 36.9. The highest BCUT2D eigenvalue weighted by Crippen LogP contribution is 2.67. The van der Waals surface area contributed by atoms with Crippen molar-refractivity contribution in [2.24, 2.45) is 188 Å². The number of hydrogen-bond acceptors (Lipinski definition) is 11. The van der Waals surface area contributed by atoms with Gasteiger partial charge in [0.1, 0.15) is 19.7 Å². The van der Waals surface area contributed by atoms with E-state index in [0.29, 0.717) is 128 Å². The molecule has 0 heterocycles.